The second-order valence-corrected chi connectivity index (χ2v) is 8.95. The Balaban J connectivity index is 1.60. The smallest absolute Gasteiger partial charge is 0.276 e. The van der Waals surface area contributed by atoms with E-state index in [1.54, 1.807) is 46.2 Å². The molecule has 0 saturated heterocycles. The van der Waals surface area contributed by atoms with Crippen LogP contribution in [0.15, 0.2) is 84.9 Å². The van der Waals surface area contributed by atoms with Crippen molar-refractivity contribution in [3.8, 4) is 11.4 Å². The third-order valence-corrected chi connectivity index (χ3v) is 6.63. The molecule has 2 amide bonds. The number of carbonyl (C=O) groups is 2. The van der Waals surface area contributed by atoms with E-state index in [-0.39, 0.29) is 11.8 Å². The van der Waals surface area contributed by atoms with Crippen molar-refractivity contribution in [1.29, 1.82) is 0 Å². The van der Waals surface area contributed by atoms with E-state index in [0.717, 1.165) is 24.2 Å². The standard InChI is InChI=1S/C32H34N4O2/c1-5-23-15-19-25(20-16-23)35(7-3)31(37)29-13-9-11-27(33-29)28-12-10-14-30(34-28)32(38)36(8-4)26-21-17-24(6-2)18-22-26/h9-22H,5-8H2,1-4H3. The summed E-state index contributed by atoms with van der Waals surface area (Å²) in [6.45, 7) is 9.14. The molecule has 4 aromatic rings. The summed E-state index contributed by atoms with van der Waals surface area (Å²) in [7, 11) is 0. The highest BCUT2D eigenvalue weighted by atomic mass is 16.2. The van der Waals surface area contributed by atoms with E-state index in [2.05, 4.69) is 23.8 Å². The average Bonchev–Trinajstić information content (AvgIpc) is 2.98. The van der Waals surface area contributed by atoms with Crippen LogP contribution in [0.5, 0.6) is 0 Å². The molecule has 2 aromatic heterocycles. The van der Waals surface area contributed by atoms with E-state index >= 15 is 0 Å². The van der Waals surface area contributed by atoms with Crippen molar-refractivity contribution < 1.29 is 9.59 Å². The third-order valence-electron chi connectivity index (χ3n) is 6.63. The highest BCUT2D eigenvalue weighted by Gasteiger charge is 2.20. The van der Waals surface area contributed by atoms with Crippen molar-refractivity contribution in [2.75, 3.05) is 22.9 Å². The monoisotopic (exact) mass is 506 g/mol. The topological polar surface area (TPSA) is 66.4 Å². The minimum absolute atomic E-state index is 0.182. The van der Waals surface area contributed by atoms with Gasteiger partial charge < -0.3 is 9.80 Å². The average molecular weight is 507 g/mol. The van der Waals surface area contributed by atoms with Crippen molar-refractivity contribution in [2.45, 2.75) is 40.5 Å². The molecule has 4 rings (SSSR count). The van der Waals surface area contributed by atoms with Crippen LogP contribution in [0.2, 0.25) is 0 Å². The Bertz CT molecular complexity index is 1290. The van der Waals surface area contributed by atoms with Crippen molar-refractivity contribution in [3.05, 3.63) is 107 Å². The van der Waals surface area contributed by atoms with Gasteiger partial charge in [0.2, 0.25) is 0 Å². The van der Waals surface area contributed by atoms with E-state index in [1.807, 2.05) is 62.4 Å². The number of hydrogen-bond donors (Lipinski definition) is 0. The normalized spacial score (nSPS) is 10.7. The first kappa shape index (κ1) is 26.7. The number of aromatic nitrogens is 2. The van der Waals surface area contributed by atoms with E-state index in [9.17, 15) is 9.59 Å². The largest absolute Gasteiger partial charge is 0.307 e. The summed E-state index contributed by atoms with van der Waals surface area (Å²) in [5.41, 5.74) is 5.84. The quantitative estimate of drug-likeness (QED) is 0.256. The number of nitrogens with zero attached hydrogens (tertiary/aromatic N) is 4. The summed E-state index contributed by atoms with van der Waals surface area (Å²) in [5, 5.41) is 0. The molecule has 2 aromatic carbocycles. The first-order valence-corrected chi connectivity index (χ1v) is 13.2. The van der Waals surface area contributed by atoms with Crippen molar-refractivity contribution >= 4 is 23.2 Å². The molecular formula is C32H34N4O2. The number of anilines is 2. The van der Waals surface area contributed by atoms with Gasteiger partial charge in [0, 0.05) is 24.5 Å². The molecule has 0 aliphatic carbocycles. The molecule has 0 unspecified atom stereocenters. The molecule has 0 atom stereocenters. The van der Waals surface area contributed by atoms with E-state index in [4.69, 9.17) is 0 Å². The van der Waals surface area contributed by atoms with Crippen LogP contribution in [0, 0.1) is 0 Å². The van der Waals surface area contributed by atoms with Gasteiger partial charge in [-0.25, -0.2) is 9.97 Å². The van der Waals surface area contributed by atoms with Gasteiger partial charge in [-0.2, -0.15) is 0 Å². The number of carbonyl (C=O) groups excluding carboxylic acids is 2. The number of aryl methyl sites for hydroxylation is 2. The van der Waals surface area contributed by atoms with Crippen LogP contribution < -0.4 is 9.80 Å². The predicted octanol–water partition coefficient (Wildman–Crippen LogP) is 6.60. The second kappa shape index (κ2) is 12.3. The maximum atomic E-state index is 13.4. The molecule has 0 saturated carbocycles. The zero-order valence-corrected chi connectivity index (χ0v) is 22.5. The van der Waals surface area contributed by atoms with Gasteiger partial charge >= 0.3 is 0 Å². The van der Waals surface area contributed by atoms with E-state index < -0.39 is 0 Å². The summed E-state index contributed by atoms with van der Waals surface area (Å²) < 4.78 is 0. The number of rotatable bonds is 9. The van der Waals surface area contributed by atoms with Crippen molar-refractivity contribution in [1.82, 2.24) is 9.97 Å². The summed E-state index contributed by atoms with van der Waals surface area (Å²) in [6.07, 6.45) is 1.89. The molecule has 0 radical (unpaired) electrons. The summed E-state index contributed by atoms with van der Waals surface area (Å²) in [4.78, 5) is 39.5. The zero-order chi connectivity index (χ0) is 27.1. The third kappa shape index (κ3) is 5.80. The summed E-state index contributed by atoms with van der Waals surface area (Å²) in [6, 6.07) is 26.7. The number of benzene rings is 2. The SMILES string of the molecule is CCc1ccc(N(CC)C(=O)c2cccc(-c3cccc(C(=O)N(CC)c4ccc(CC)cc4)n3)n2)cc1. The number of pyridine rings is 2. The molecule has 38 heavy (non-hydrogen) atoms. The van der Waals surface area contributed by atoms with Gasteiger partial charge in [0.15, 0.2) is 0 Å². The van der Waals surface area contributed by atoms with Crippen molar-refractivity contribution in [2.24, 2.45) is 0 Å². The van der Waals surface area contributed by atoms with Crippen LogP contribution in [0.1, 0.15) is 59.8 Å². The molecule has 194 valence electrons. The Morgan fingerprint density at radius 3 is 1.24 bits per heavy atom. The predicted molar refractivity (Wildman–Crippen MR) is 154 cm³/mol. The van der Waals surface area contributed by atoms with Gasteiger partial charge in [0.25, 0.3) is 11.8 Å². The molecule has 0 N–H and O–H groups in total. The summed E-state index contributed by atoms with van der Waals surface area (Å²) in [5.74, 6) is -0.364. The fraction of sp³-hybridized carbons (Fsp3) is 0.250. The van der Waals surface area contributed by atoms with Crippen LogP contribution in [0.3, 0.4) is 0 Å². The minimum Gasteiger partial charge on any atom is -0.307 e. The second-order valence-electron chi connectivity index (χ2n) is 8.95. The molecule has 6 nitrogen and oxygen atoms in total. The van der Waals surface area contributed by atoms with Gasteiger partial charge in [0.05, 0.1) is 11.4 Å². The first-order valence-electron chi connectivity index (χ1n) is 13.2. The van der Waals surface area contributed by atoms with Gasteiger partial charge in [-0.3, -0.25) is 9.59 Å². The molecule has 0 bridgehead atoms. The Hall–Kier alpha value is -4.32. The summed E-state index contributed by atoms with van der Waals surface area (Å²) >= 11 is 0. The van der Waals surface area contributed by atoms with Gasteiger partial charge in [0.1, 0.15) is 11.4 Å². The Kier molecular flexibility index (Phi) is 8.64. The molecule has 0 aliphatic rings. The van der Waals surface area contributed by atoms with Gasteiger partial charge in [-0.1, -0.05) is 50.2 Å². The maximum absolute atomic E-state index is 13.4. The van der Waals surface area contributed by atoms with Crippen LogP contribution in [0.4, 0.5) is 11.4 Å². The zero-order valence-electron chi connectivity index (χ0n) is 22.5. The highest BCUT2D eigenvalue weighted by molar-refractivity contribution is 6.06. The Morgan fingerprint density at radius 1 is 0.553 bits per heavy atom. The van der Waals surface area contributed by atoms with Crippen LogP contribution >= 0.6 is 0 Å². The molecule has 0 fully saturated rings. The van der Waals surface area contributed by atoms with Crippen molar-refractivity contribution in [3.63, 3.8) is 0 Å². The van der Waals surface area contributed by atoms with E-state index in [0.29, 0.717) is 35.9 Å². The molecule has 0 aliphatic heterocycles. The Morgan fingerprint density at radius 2 is 0.921 bits per heavy atom. The lowest BCUT2D eigenvalue weighted by atomic mass is 10.1. The van der Waals surface area contributed by atoms with Gasteiger partial charge in [-0.15, -0.1) is 0 Å². The van der Waals surface area contributed by atoms with E-state index in [1.165, 1.54) is 11.1 Å². The fourth-order valence-electron chi connectivity index (χ4n) is 4.38. The maximum Gasteiger partial charge on any atom is 0.276 e. The lowest BCUT2D eigenvalue weighted by Crippen LogP contribution is -2.31. The highest BCUT2D eigenvalue weighted by Crippen LogP contribution is 2.22. The van der Waals surface area contributed by atoms with Crippen LogP contribution in [-0.4, -0.2) is 34.9 Å². The fourth-order valence-corrected chi connectivity index (χ4v) is 4.38. The first-order chi connectivity index (χ1) is 18.5. The number of hydrogen-bond acceptors (Lipinski definition) is 4. The Labute approximate surface area is 225 Å². The molecule has 2 heterocycles. The number of amides is 2. The lowest BCUT2D eigenvalue weighted by Gasteiger charge is -2.21. The minimum atomic E-state index is -0.182. The van der Waals surface area contributed by atoms with Gasteiger partial charge in [-0.05, 0) is 86.3 Å². The van der Waals surface area contributed by atoms with Crippen LogP contribution in [0.25, 0.3) is 11.4 Å². The molecule has 6 heteroatoms. The molecule has 0 spiro atoms. The van der Waals surface area contributed by atoms with Crippen LogP contribution in [-0.2, 0) is 12.8 Å². The lowest BCUT2D eigenvalue weighted by molar-refractivity contribution is 0.0975. The molecular weight excluding hydrogens is 472 g/mol.